The molecule has 0 spiro atoms. The van der Waals surface area contributed by atoms with Gasteiger partial charge in [0.2, 0.25) is 17.6 Å². The number of aromatic nitrogens is 2. The number of nitrogens with two attached hydrogens (primary N) is 1. The van der Waals surface area contributed by atoms with Crippen molar-refractivity contribution in [1.82, 2.24) is 9.97 Å². The van der Waals surface area contributed by atoms with Crippen LogP contribution >= 0.6 is 0 Å². The van der Waals surface area contributed by atoms with Gasteiger partial charge in [0.05, 0.1) is 11.0 Å². The number of hydrogen-bond acceptors (Lipinski definition) is 8. The highest BCUT2D eigenvalue weighted by atomic mass is 16.6. The minimum absolute atomic E-state index is 0.0179. The van der Waals surface area contributed by atoms with Gasteiger partial charge in [0.15, 0.2) is 0 Å². The lowest BCUT2D eigenvalue weighted by molar-refractivity contribution is -0.383. The van der Waals surface area contributed by atoms with Crippen molar-refractivity contribution < 1.29 is 9.66 Å². The monoisotopic (exact) mass is 344 g/mol. The first-order valence-electron chi connectivity index (χ1n) is 8.04. The Bertz CT molecular complexity index is 759. The molecular formula is C16H20N6O3. The second kappa shape index (κ2) is 7.31. The molecule has 9 heteroatoms. The van der Waals surface area contributed by atoms with E-state index in [1.165, 1.54) is 0 Å². The van der Waals surface area contributed by atoms with E-state index < -0.39 is 4.92 Å². The highest BCUT2D eigenvalue weighted by Gasteiger charge is 2.24. The molecule has 1 aliphatic heterocycles. The maximum Gasteiger partial charge on any atom is 0.353 e. The summed E-state index contributed by atoms with van der Waals surface area (Å²) in [6.45, 7) is 3.12. The summed E-state index contributed by atoms with van der Waals surface area (Å²) in [5.41, 5.74) is 7.34. The molecule has 4 N–H and O–H groups in total. The van der Waals surface area contributed by atoms with E-state index in [9.17, 15) is 10.1 Å². The van der Waals surface area contributed by atoms with Gasteiger partial charge < -0.3 is 21.1 Å². The first-order valence-corrected chi connectivity index (χ1v) is 8.04. The average molecular weight is 344 g/mol. The first kappa shape index (κ1) is 16.9. The second-order valence-electron chi connectivity index (χ2n) is 5.89. The predicted molar refractivity (Wildman–Crippen MR) is 95.0 cm³/mol. The van der Waals surface area contributed by atoms with Crippen LogP contribution in [-0.4, -0.2) is 34.1 Å². The maximum atomic E-state index is 11.3. The topological polar surface area (TPSA) is 128 Å². The van der Waals surface area contributed by atoms with Gasteiger partial charge in [0.1, 0.15) is 0 Å². The van der Waals surface area contributed by atoms with E-state index in [1.54, 1.807) is 0 Å². The van der Waals surface area contributed by atoms with Crippen LogP contribution < -0.4 is 16.4 Å². The van der Waals surface area contributed by atoms with Gasteiger partial charge >= 0.3 is 5.69 Å². The van der Waals surface area contributed by atoms with Crippen LogP contribution in [0.4, 0.5) is 29.0 Å². The van der Waals surface area contributed by atoms with E-state index in [0.717, 1.165) is 24.1 Å². The van der Waals surface area contributed by atoms with Crippen LogP contribution in [0.25, 0.3) is 0 Å². The standard InChI is InChI=1S/C16H20N6O3/c1-10-4-6-11(7-5-10)19-16-20-14(17)13(22(23)24)15(21-16)18-9-12-3-2-8-25-12/h4-7,12H,2-3,8-9H2,1H3,(H4,17,18,19,20,21)/t12-/m1/s1. The molecule has 1 aromatic carbocycles. The van der Waals surface area contributed by atoms with Gasteiger partial charge in [0, 0.05) is 18.8 Å². The molecule has 9 nitrogen and oxygen atoms in total. The molecule has 2 heterocycles. The molecule has 25 heavy (non-hydrogen) atoms. The molecule has 0 bridgehead atoms. The van der Waals surface area contributed by atoms with Crippen molar-refractivity contribution in [1.29, 1.82) is 0 Å². The summed E-state index contributed by atoms with van der Waals surface area (Å²) >= 11 is 0. The first-order chi connectivity index (χ1) is 12.0. The zero-order valence-corrected chi connectivity index (χ0v) is 13.9. The minimum Gasteiger partial charge on any atom is -0.378 e. The molecular weight excluding hydrogens is 324 g/mol. The summed E-state index contributed by atoms with van der Waals surface area (Å²) < 4.78 is 5.52. The van der Waals surface area contributed by atoms with Crippen molar-refractivity contribution in [2.45, 2.75) is 25.9 Å². The van der Waals surface area contributed by atoms with Crippen LogP contribution in [0.3, 0.4) is 0 Å². The summed E-state index contributed by atoms with van der Waals surface area (Å²) in [5.74, 6) is 0.0915. The Morgan fingerprint density at radius 3 is 2.76 bits per heavy atom. The molecule has 1 aliphatic rings. The fourth-order valence-corrected chi connectivity index (χ4v) is 2.61. The third-order valence-corrected chi connectivity index (χ3v) is 3.92. The number of nitro groups is 1. The summed E-state index contributed by atoms with van der Waals surface area (Å²) in [4.78, 5) is 18.9. The molecule has 0 aliphatic carbocycles. The molecule has 2 aromatic rings. The Morgan fingerprint density at radius 1 is 1.36 bits per heavy atom. The Kier molecular flexibility index (Phi) is 4.94. The zero-order chi connectivity index (χ0) is 17.8. The van der Waals surface area contributed by atoms with Gasteiger partial charge in [-0.3, -0.25) is 10.1 Å². The zero-order valence-electron chi connectivity index (χ0n) is 13.9. The smallest absolute Gasteiger partial charge is 0.353 e. The molecule has 1 fully saturated rings. The molecule has 1 aromatic heterocycles. The molecule has 1 atom stereocenters. The van der Waals surface area contributed by atoms with Crippen LogP contribution in [0.2, 0.25) is 0 Å². The predicted octanol–water partition coefficient (Wildman–Crippen LogP) is 2.61. The molecule has 0 unspecified atom stereocenters. The summed E-state index contributed by atoms with van der Waals surface area (Å²) in [6, 6.07) is 7.62. The number of ether oxygens (including phenoxy) is 1. The number of anilines is 4. The van der Waals surface area contributed by atoms with Crippen molar-refractivity contribution in [3.63, 3.8) is 0 Å². The molecule has 132 valence electrons. The fourth-order valence-electron chi connectivity index (χ4n) is 2.61. The highest BCUT2D eigenvalue weighted by Crippen LogP contribution is 2.30. The SMILES string of the molecule is Cc1ccc(Nc2nc(N)c([N+](=O)[O-])c(NC[C@H]3CCCO3)n2)cc1. The normalized spacial score (nSPS) is 16.6. The Balaban J connectivity index is 1.83. The maximum absolute atomic E-state index is 11.3. The third kappa shape index (κ3) is 4.13. The van der Waals surface area contributed by atoms with E-state index in [1.807, 2.05) is 31.2 Å². The number of rotatable bonds is 6. The second-order valence-corrected chi connectivity index (χ2v) is 5.89. The minimum atomic E-state index is -0.581. The van der Waals surface area contributed by atoms with Gasteiger partial charge in [-0.15, -0.1) is 0 Å². The fraction of sp³-hybridized carbons (Fsp3) is 0.375. The van der Waals surface area contributed by atoms with Crippen molar-refractivity contribution in [2.24, 2.45) is 0 Å². The van der Waals surface area contributed by atoms with E-state index in [-0.39, 0.29) is 29.4 Å². The van der Waals surface area contributed by atoms with E-state index in [0.29, 0.717) is 13.2 Å². The number of hydrogen-bond donors (Lipinski definition) is 3. The Morgan fingerprint density at radius 2 is 2.12 bits per heavy atom. The molecule has 0 saturated carbocycles. The van der Waals surface area contributed by atoms with Crippen LogP contribution in [0.1, 0.15) is 18.4 Å². The van der Waals surface area contributed by atoms with Crippen molar-refractivity contribution in [2.75, 3.05) is 29.5 Å². The summed E-state index contributed by atoms with van der Waals surface area (Å²) in [6.07, 6.45) is 1.92. The van der Waals surface area contributed by atoms with E-state index >= 15 is 0 Å². The van der Waals surface area contributed by atoms with Crippen LogP contribution in [-0.2, 0) is 4.74 Å². The lowest BCUT2D eigenvalue weighted by Gasteiger charge is -2.13. The number of nitrogen functional groups attached to an aromatic ring is 1. The van der Waals surface area contributed by atoms with Gasteiger partial charge in [0.25, 0.3) is 0 Å². The molecule has 3 rings (SSSR count). The van der Waals surface area contributed by atoms with Gasteiger partial charge in [-0.2, -0.15) is 9.97 Å². The van der Waals surface area contributed by atoms with Crippen LogP contribution in [0.15, 0.2) is 24.3 Å². The molecule has 1 saturated heterocycles. The third-order valence-electron chi connectivity index (χ3n) is 3.92. The lowest BCUT2D eigenvalue weighted by Crippen LogP contribution is -2.20. The number of aryl methyl sites for hydroxylation is 1. The van der Waals surface area contributed by atoms with Gasteiger partial charge in [-0.1, -0.05) is 17.7 Å². The largest absolute Gasteiger partial charge is 0.378 e. The Labute approximate surface area is 144 Å². The summed E-state index contributed by atoms with van der Waals surface area (Å²) in [5, 5.41) is 17.3. The van der Waals surface area contributed by atoms with Crippen LogP contribution in [0.5, 0.6) is 0 Å². The van der Waals surface area contributed by atoms with Crippen molar-refractivity contribution in [3.05, 3.63) is 39.9 Å². The number of nitrogens with zero attached hydrogens (tertiary/aromatic N) is 3. The highest BCUT2D eigenvalue weighted by molar-refractivity contribution is 5.71. The van der Waals surface area contributed by atoms with Crippen molar-refractivity contribution in [3.8, 4) is 0 Å². The molecule has 0 radical (unpaired) electrons. The Hall–Kier alpha value is -2.94. The van der Waals surface area contributed by atoms with Gasteiger partial charge in [-0.25, -0.2) is 0 Å². The average Bonchev–Trinajstić information content (AvgIpc) is 3.08. The quantitative estimate of drug-likeness (QED) is 0.539. The number of benzene rings is 1. The summed E-state index contributed by atoms with van der Waals surface area (Å²) in [7, 11) is 0. The lowest BCUT2D eigenvalue weighted by atomic mass is 10.2. The molecule has 0 amide bonds. The van der Waals surface area contributed by atoms with Crippen molar-refractivity contribution >= 4 is 29.0 Å². The number of nitrogens with one attached hydrogen (secondary N) is 2. The van der Waals surface area contributed by atoms with Gasteiger partial charge in [-0.05, 0) is 31.9 Å². The van der Waals surface area contributed by atoms with E-state index in [2.05, 4.69) is 20.6 Å². The van der Waals surface area contributed by atoms with Crippen LogP contribution in [0, 0.1) is 17.0 Å². The van der Waals surface area contributed by atoms with E-state index in [4.69, 9.17) is 10.5 Å².